The monoisotopic (exact) mass is 299 g/mol. The van der Waals surface area contributed by atoms with E-state index < -0.39 is 0 Å². The summed E-state index contributed by atoms with van der Waals surface area (Å²) in [6.45, 7) is 3.42. The number of rotatable bonds is 6. The van der Waals surface area contributed by atoms with E-state index in [-0.39, 0.29) is 0 Å². The largest absolute Gasteiger partial charge is 0.496 e. The molecule has 116 valence electrons. The van der Waals surface area contributed by atoms with E-state index in [0.29, 0.717) is 11.5 Å². The van der Waals surface area contributed by atoms with E-state index >= 15 is 0 Å². The standard InChI is InChI=1S/C18H21NO3/c1-21-16-6-4-5-14(9-12-19-10-2-3-11-19)18(16)17-8-7-15(13-20)22-17/h4-8,13H,2-3,9-12H2,1H3. The molecule has 3 rings (SSSR count). The van der Waals surface area contributed by atoms with Gasteiger partial charge in [-0.15, -0.1) is 0 Å². The van der Waals surface area contributed by atoms with Crippen LogP contribution in [0.1, 0.15) is 29.0 Å². The van der Waals surface area contributed by atoms with Crippen molar-refractivity contribution >= 4 is 6.29 Å². The number of furan rings is 1. The summed E-state index contributed by atoms with van der Waals surface area (Å²) in [5.74, 6) is 1.81. The molecule has 1 saturated heterocycles. The van der Waals surface area contributed by atoms with Gasteiger partial charge >= 0.3 is 0 Å². The summed E-state index contributed by atoms with van der Waals surface area (Å²) in [6, 6.07) is 9.57. The van der Waals surface area contributed by atoms with Crippen molar-refractivity contribution in [1.82, 2.24) is 4.90 Å². The van der Waals surface area contributed by atoms with Crippen molar-refractivity contribution in [2.45, 2.75) is 19.3 Å². The predicted octanol–water partition coefficient (Wildman–Crippen LogP) is 3.41. The summed E-state index contributed by atoms with van der Waals surface area (Å²) >= 11 is 0. The Hall–Kier alpha value is -2.07. The number of carbonyl (C=O) groups excluding carboxylic acids is 1. The molecule has 0 radical (unpaired) electrons. The zero-order valence-electron chi connectivity index (χ0n) is 12.9. The van der Waals surface area contributed by atoms with E-state index in [1.165, 1.54) is 31.5 Å². The van der Waals surface area contributed by atoms with Crippen molar-refractivity contribution in [2.75, 3.05) is 26.7 Å². The highest BCUT2D eigenvalue weighted by atomic mass is 16.5. The first-order valence-corrected chi connectivity index (χ1v) is 7.75. The zero-order valence-corrected chi connectivity index (χ0v) is 12.9. The third kappa shape index (κ3) is 3.07. The summed E-state index contributed by atoms with van der Waals surface area (Å²) < 4.78 is 11.1. The van der Waals surface area contributed by atoms with Crippen LogP contribution in [0.4, 0.5) is 0 Å². The number of ether oxygens (including phenoxy) is 1. The van der Waals surface area contributed by atoms with Crippen LogP contribution in [0.15, 0.2) is 34.7 Å². The second-order valence-corrected chi connectivity index (χ2v) is 5.61. The summed E-state index contributed by atoms with van der Waals surface area (Å²) in [6.07, 6.45) is 4.27. The lowest BCUT2D eigenvalue weighted by Crippen LogP contribution is -2.22. The minimum absolute atomic E-state index is 0.339. The van der Waals surface area contributed by atoms with Crippen LogP contribution in [-0.2, 0) is 6.42 Å². The van der Waals surface area contributed by atoms with E-state index in [2.05, 4.69) is 11.0 Å². The van der Waals surface area contributed by atoms with Crippen molar-refractivity contribution in [3.63, 3.8) is 0 Å². The summed E-state index contributed by atoms with van der Waals surface area (Å²) in [5.41, 5.74) is 2.15. The van der Waals surface area contributed by atoms with Crippen LogP contribution < -0.4 is 4.74 Å². The van der Waals surface area contributed by atoms with Crippen molar-refractivity contribution < 1.29 is 13.9 Å². The lowest BCUT2D eigenvalue weighted by Gasteiger charge is -2.17. The molecule has 1 aromatic heterocycles. The Morgan fingerprint density at radius 3 is 2.73 bits per heavy atom. The molecule has 4 nitrogen and oxygen atoms in total. The zero-order chi connectivity index (χ0) is 15.4. The number of likely N-dealkylation sites (tertiary alicyclic amines) is 1. The van der Waals surface area contributed by atoms with Crippen LogP contribution in [0.3, 0.4) is 0 Å². The molecule has 0 unspecified atom stereocenters. The summed E-state index contributed by atoms with van der Waals surface area (Å²) in [4.78, 5) is 13.3. The van der Waals surface area contributed by atoms with Crippen LogP contribution in [0, 0.1) is 0 Å². The fourth-order valence-corrected chi connectivity index (χ4v) is 3.07. The fourth-order valence-electron chi connectivity index (χ4n) is 3.07. The normalized spacial score (nSPS) is 15.1. The molecule has 22 heavy (non-hydrogen) atoms. The molecular formula is C18H21NO3. The van der Waals surface area contributed by atoms with Gasteiger partial charge in [0.25, 0.3) is 0 Å². The van der Waals surface area contributed by atoms with Crippen LogP contribution in [-0.4, -0.2) is 37.9 Å². The first-order chi connectivity index (χ1) is 10.8. The van der Waals surface area contributed by atoms with Gasteiger partial charge in [-0.25, -0.2) is 0 Å². The van der Waals surface area contributed by atoms with Crippen molar-refractivity contribution in [3.05, 3.63) is 41.7 Å². The van der Waals surface area contributed by atoms with Crippen LogP contribution >= 0.6 is 0 Å². The molecule has 1 aliphatic rings. The van der Waals surface area contributed by atoms with Gasteiger partial charge in [-0.2, -0.15) is 0 Å². The van der Waals surface area contributed by atoms with E-state index in [4.69, 9.17) is 9.15 Å². The van der Waals surface area contributed by atoms with E-state index in [1.54, 1.807) is 13.2 Å². The van der Waals surface area contributed by atoms with Gasteiger partial charge in [-0.1, -0.05) is 12.1 Å². The average molecular weight is 299 g/mol. The van der Waals surface area contributed by atoms with Gasteiger partial charge in [-0.3, -0.25) is 4.79 Å². The summed E-state index contributed by atoms with van der Waals surface area (Å²) in [7, 11) is 1.66. The molecule has 1 aromatic carbocycles. The lowest BCUT2D eigenvalue weighted by molar-refractivity contribution is 0.110. The van der Waals surface area contributed by atoms with Gasteiger partial charge < -0.3 is 14.1 Å². The van der Waals surface area contributed by atoms with Gasteiger partial charge in [0, 0.05) is 6.54 Å². The molecule has 2 aromatic rings. The smallest absolute Gasteiger partial charge is 0.185 e. The average Bonchev–Trinajstić information content (AvgIpc) is 3.23. The maximum absolute atomic E-state index is 10.9. The Kier molecular flexibility index (Phi) is 4.59. The lowest BCUT2D eigenvalue weighted by atomic mass is 10.0. The topological polar surface area (TPSA) is 42.7 Å². The van der Waals surface area contributed by atoms with Gasteiger partial charge in [0.1, 0.15) is 11.5 Å². The van der Waals surface area contributed by atoms with Crippen LogP contribution in [0.5, 0.6) is 5.75 Å². The number of carbonyl (C=O) groups is 1. The molecule has 4 heteroatoms. The Balaban J connectivity index is 1.89. The molecule has 0 bridgehead atoms. The number of benzene rings is 1. The molecule has 0 saturated carbocycles. The molecule has 0 amide bonds. The molecular weight excluding hydrogens is 278 g/mol. The highest BCUT2D eigenvalue weighted by Gasteiger charge is 2.17. The third-order valence-corrected chi connectivity index (χ3v) is 4.22. The Morgan fingerprint density at radius 2 is 2.05 bits per heavy atom. The second-order valence-electron chi connectivity index (χ2n) is 5.61. The highest BCUT2D eigenvalue weighted by molar-refractivity contribution is 5.75. The fraction of sp³-hybridized carbons (Fsp3) is 0.389. The molecule has 0 atom stereocenters. The van der Waals surface area contributed by atoms with E-state index in [1.807, 2.05) is 18.2 Å². The molecule has 0 N–H and O–H groups in total. The van der Waals surface area contributed by atoms with Crippen molar-refractivity contribution in [1.29, 1.82) is 0 Å². The third-order valence-electron chi connectivity index (χ3n) is 4.22. The Bertz CT molecular complexity index is 642. The predicted molar refractivity (Wildman–Crippen MR) is 85.5 cm³/mol. The molecule has 0 spiro atoms. The minimum atomic E-state index is 0.339. The number of methoxy groups -OCH3 is 1. The van der Waals surface area contributed by atoms with Gasteiger partial charge in [0.2, 0.25) is 0 Å². The maximum atomic E-state index is 10.9. The van der Waals surface area contributed by atoms with Crippen LogP contribution in [0.25, 0.3) is 11.3 Å². The Labute approximate surface area is 130 Å². The summed E-state index contributed by atoms with van der Waals surface area (Å²) in [5, 5.41) is 0. The van der Waals surface area contributed by atoms with Gasteiger partial charge in [0.15, 0.2) is 12.0 Å². The van der Waals surface area contributed by atoms with Gasteiger partial charge in [0.05, 0.1) is 12.7 Å². The first-order valence-electron chi connectivity index (χ1n) is 7.75. The highest BCUT2D eigenvalue weighted by Crippen LogP contribution is 2.34. The molecule has 1 aliphatic heterocycles. The number of hydrogen-bond acceptors (Lipinski definition) is 4. The Morgan fingerprint density at radius 1 is 1.23 bits per heavy atom. The van der Waals surface area contributed by atoms with Crippen molar-refractivity contribution in [3.8, 4) is 17.1 Å². The minimum Gasteiger partial charge on any atom is -0.496 e. The maximum Gasteiger partial charge on any atom is 0.185 e. The van der Waals surface area contributed by atoms with Crippen LogP contribution in [0.2, 0.25) is 0 Å². The van der Waals surface area contributed by atoms with E-state index in [0.717, 1.165) is 30.6 Å². The number of aldehydes is 1. The molecule has 0 aliphatic carbocycles. The first kappa shape index (κ1) is 14.9. The number of nitrogens with zero attached hydrogens (tertiary/aromatic N) is 1. The molecule has 1 fully saturated rings. The second kappa shape index (κ2) is 6.79. The van der Waals surface area contributed by atoms with E-state index in [9.17, 15) is 4.79 Å². The molecule has 2 heterocycles. The van der Waals surface area contributed by atoms with Gasteiger partial charge in [-0.05, 0) is 56.1 Å². The number of hydrogen-bond donors (Lipinski definition) is 0. The SMILES string of the molecule is COc1cccc(CCN2CCCC2)c1-c1ccc(C=O)o1. The quantitative estimate of drug-likeness (QED) is 0.767. The van der Waals surface area contributed by atoms with Crippen molar-refractivity contribution in [2.24, 2.45) is 0 Å².